The highest BCUT2D eigenvalue weighted by molar-refractivity contribution is 5.88. The second-order valence-corrected chi connectivity index (χ2v) is 7.49. The number of carbonyl (C=O) groups is 1. The fraction of sp³-hybridized carbons (Fsp3) is 0.364. The predicted molar refractivity (Wildman–Crippen MR) is 109 cm³/mol. The van der Waals surface area contributed by atoms with E-state index in [1.54, 1.807) is 24.3 Å². The monoisotopic (exact) mass is 379 g/mol. The Hall–Kier alpha value is -2.88. The molecule has 0 aromatic heterocycles. The van der Waals surface area contributed by atoms with Crippen LogP contribution in [0, 0.1) is 6.57 Å². The lowest BCUT2D eigenvalue weighted by Gasteiger charge is -2.30. The number of likely N-dealkylation sites (tertiary alicyclic amines) is 1. The average Bonchev–Trinajstić information content (AvgIpc) is 3.07. The van der Waals surface area contributed by atoms with E-state index in [1.807, 2.05) is 36.2 Å². The second-order valence-electron chi connectivity index (χ2n) is 7.49. The molecule has 0 radical (unpaired) electrons. The number of hydrogen-bond acceptors (Lipinski definition) is 4. The minimum absolute atomic E-state index is 0.257. The van der Waals surface area contributed by atoms with Gasteiger partial charge in [-0.15, -0.1) is 0 Å². The van der Waals surface area contributed by atoms with Gasteiger partial charge in [0.25, 0.3) is 0 Å². The third-order valence-corrected chi connectivity index (χ3v) is 5.28. The molecule has 2 aromatic carbocycles. The first-order chi connectivity index (χ1) is 13.4. The van der Waals surface area contributed by atoms with Gasteiger partial charge in [0.2, 0.25) is 0 Å². The summed E-state index contributed by atoms with van der Waals surface area (Å²) in [6, 6.07) is 14.4. The Bertz CT molecular complexity index is 858. The summed E-state index contributed by atoms with van der Waals surface area (Å²) in [6.45, 7) is 9.83. The highest BCUT2D eigenvalue weighted by Crippen LogP contribution is 2.25. The molecule has 1 aliphatic rings. The largest absolute Gasteiger partial charge is 0.478 e. The number of hydrogen-bond donors (Lipinski definition) is 2. The minimum atomic E-state index is -0.942. The van der Waals surface area contributed by atoms with Crippen LogP contribution in [0.15, 0.2) is 48.5 Å². The van der Waals surface area contributed by atoms with Crippen molar-refractivity contribution in [2.24, 2.45) is 0 Å². The number of nitrogens with zero attached hydrogens (tertiary/aromatic N) is 3. The quantitative estimate of drug-likeness (QED) is 0.724. The number of benzene rings is 2. The molecule has 146 valence electrons. The van der Waals surface area contributed by atoms with E-state index in [4.69, 9.17) is 11.7 Å². The van der Waals surface area contributed by atoms with Crippen molar-refractivity contribution in [3.05, 3.63) is 71.1 Å². The number of rotatable bonds is 7. The van der Waals surface area contributed by atoms with Gasteiger partial charge in [-0.3, -0.25) is 4.90 Å². The molecule has 1 fully saturated rings. The zero-order valence-corrected chi connectivity index (χ0v) is 16.0. The molecule has 3 rings (SSSR count). The second kappa shape index (κ2) is 8.42. The van der Waals surface area contributed by atoms with Crippen LogP contribution in [0.1, 0.15) is 22.3 Å². The third-order valence-electron chi connectivity index (χ3n) is 5.28. The smallest absolute Gasteiger partial charge is 0.335 e. The molecular weight excluding hydrogens is 354 g/mol. The number of anilines is 1. The fourth-order valence-corrected chi connectivity index (χ4v) is 3.68. The predicted octanol–water partition coefficient (Wildman–Crippen LogP) is 3.05. The number of aliphatic hydroxyl groups is 1. The Kier molecular flexibility index (Phi) is 5.98. The van der Waals surface area contributed by atoms with Gasteiger partial charge in [-0.2, -0.15) is 0 Å². The summed E-state index contributed by atoms with van der Waals surface area (Å²) < 4.78 is 0. The first-order valence-electron chi connectivity index (χ1n) is 9.34. The van der Waals surface area contributed by atoms with Crippen LogP contribution < -0.4 is 4.90 Å². The molecule has 6 nitrogen and oxygen atoms in total. The van der Waals surface area contributed by atoms with Gasteiger partial charge in [-0.05, 0) is 42.7 Å². The molecule has 1 aliphatic heterocycles. The third kappa shape index (κ3) is 4.89. The molecule has 1 heterocycles. The molecule has 1 atom stereocenters. The molecule has 2 N–H and O–H groups in total. The van der Waals surface area contributed by atoms with E-state index in [2.05, 4.69) is 9.74 Å². The van der Waals surface area contributed by atoms with E-state index < -0.39 is 11.6 Å². The molecule has 1 unspecified atom stereocenters. The average molecular weight is 379 g/mol. The highest BCUT2D eigenvalue weighted by Gasteiger charge is 2.36. The van der Waals surface area contributed by atoms with Crippen molar-refractivity contribution in [1.82, 2.24) is 4.90 Å². The van der Waals surface area contributed by atoms with E-state index in [1.165, 1.54) is 5.56 Å². The molecule has 0 saturated carbocycles. The van der Waals surface area contributed by atoms with Crippen molar-refractivity contribution in [3.63, 3.8) is 0 Å². The Labute approximate surface area is 165 Å². The van der Waals surface area contributed by atoms with Gasteiger partial charge in [-0.1, -0.05) is 24.3 Å². The number of likely N-dealkylation sites (N-methyl/N-ethyl adjacent to an activating group) is 1. The van der Waals surface area contributed by atoms with E-state index >= 15 is 0 Å². The van der Waals surface area contributed by atoms with Crippen LogP contribution in [0.2, 0.25) is 0 Å². The van der Waals surface area contributed by atoms with Crippen LogP contribution in [0.5, 0.6) is 0 Å². The van der Waals surface area contributed by atoms with Crippen LogP contribution in [-0.4, -0.2) is 59.9 Å². The van der Waals surface area contributed by atoms with Gasteiger partial charge in [0.05, 0.1) is 17.7 Å². The molecule has 2 aromatic rings. The van der Waals surface area contributed by atoms with Crippen LogP contribution in [0.4, 0.5) is 11.4 Å². The van der Waals surface area contributed by atoms with E-state index in [0.717, 1.165) is 25.2 Å². The SMILES string of the molecule is [C-]#[N+]c1ccc(CCN2CCC(O)(CN(C)c3ccc(C(=O)O)cc3)C2)cc1. The number of aromatic carboxylic acids is 1. The Morgan fingerprint density at radius 2 is 1.89 bits per heavy atom. The summed E-state index contributed by atoms with van der Waals surface area (Å²) in [4.78, 5) is 18.6. The van der Waals surface area contributed by atoms with Gasteiger partial charge in [0.15, 0.2) is 5.69 Å². The molecule has 6 heteroatoms. The summed E-state index contributed by atoms with van der Waals surface area (Å²) in [5.74, 6) is -0.942. The summed E-state index contributed by atoms with van der Waals surface area (Å²) >= 11 is 0. The molecule has 1 saturated heterocycles. The number of β-amino-alcohol motifs (C(OH)–C–C–N with tert-alkyl or cyclic N) is 1. The summed E-state index contributed by atoms with van der Waals surface area (Å²) in [6.07, 6.45) is 1.60. The Morgan fingerprint density at radius 1 is 1.21 bits per heavy atom. The molecular formula is C22H25N3O3. The van der Waals surface area contributed by atoms with Gasteiger partial charge >= 0.3 is 5.97 Å². The van der Waals surface area contributed by atoms with Crippen molar-refractivity contribution in [1.29, 1.82) is 0 Å². The lowest BCUT2D eigenvalue weighted by atomic mass is 10.0. The van der Waals surface area contributed by atoms with Gasteiger partial charge in [-0.25, -0.2) is 9.64 Å². The van der Waals surface area contributed by atoms with Crippen LogP contribution >= 0.6 is 0 Å². The first kappa shape index (κ1) is 19.9. The van der Waals surface area contributed by atoms with Crippen LogP contribution in [0.25, 0.3) is 4.85 Å². The summed E-state index contributed by atoms with van der Waals surface area (Å²) in [5, 5.41) is 20.0. The lowest BCUT2D eigenvalue weighted by Crippen LogP contribution is -2.44. The van der Waals surface area contributed by atoms with Crippen molar-refractivity contribution < 1.29 is 15.0 Å². The topological polar surface area (TPSA) is 68.4 Å². The Balaban J connectivity index is 1.52. The molecule has 0 amide bonds. The van der Waals surface area contributed by atoms with E-state index in [9.17, 15) is 9.90 Å². The van der Waals surface area contributed by atoms with Gasteiger partial charge < -0.3 is 15.1 Å². The van der Waals surface area contributed by atoms with Crippen LogP contribution in [0.3, 0.4) is 0 Å². The maximum Gasteiger partial charge on any atom is 0.335 e. The number of carboxylic acids is 1. The molecule has 0 aliphatic carbocycles. The molecule has 0 spiro atoms. The zero-order valence-electron chi connectivity index (χ0n) is 16.0. The summed E-state index contributed by atoms with van der Waals surface area (Å²) in [7, 11) is 1.91. The minimum Gasteiger partial charge on any atom is -0.478 e. The standard InChI is InChI=1S/C22H25N3O3/c1-23-19-7-3-17(4-8-19)11-13-25-14-12-22(28,16-25)15-24(2)20-9-5-18(6-10-20)21(26)27/h3-10,28H,11-16H2,2H3,(H,26,27). The maximum absolute atomic E-state index is 11.0. The first-order valence-corrected chi connectivity index (χ1v) is 9.34. The van der Waals surface area contributed by atoms with Crippen molar-refractivity contribution in [2.75, 3.05) is 38.1 Å². The Morgan fingerprint density at radius 3 is 2.50 bits per heavy atom. The van der Waals surface area contributed by atoms with E-state index in [-0.39, 0.29) is 5.56 Å². The highest BCUT2D eigenvalue weighted by atomic mass is 16.4. The number of carboxylic acid groups (broad SMARTS) is 1. The normalized spacial score (nSPS) is 19.3. The zero-order chi connectivity index (χ0) is 20.1. The molecule has 0 bridgehead atoms. The van der Waals surface area contributed by atoms with E-state index in [0.29, 0.717) is 25.2 Å². The van der Waals surface area contributed by atoms with Crippen LogP contribution in [-0.2, 0) is 6.42 Å². The molecule has 28 heavy (non-hydrogen) atoms. The maximum atomic E-state index is 11.0. The van der Waals surface area contributed by atoms with Crippen molar-refractivity contribution in [3.8, 4) is 0 Å². The van der Waals surface area contributed by atoms with Gasteiger partial charge in [0, 0.05) is 38.9 Å². The van der Waals surface area contributed by atoms with Crippen molar-refractivity contribution >= 4 is 17.3 Å². The van der Waals surface area contributed by atoms with Gasteiger partial charge in [0.1, 0.15) is 0 Å². The fourth-order valence-electron chi connectivity index (χ4n) is 3.68. The lowest BCUT2D eigenvalue weighted by molar-refractivity contribution is 0.0571. The summed E-state index contributed by atoms with van der Waals surface area (Å²) in [5.41, 5.74) is 2.20. The van der Waals surface area contributed by atoms with Crippen molar-refractivity contribution in [2.45, 2.75) is 18.4 Å².